The van der Waals surface area contributed by atoms with Crippen LogP contribution in [0.5, 0.6) is 0 Å². The maximum atomic E-state index is 12.8. The highest BCUT2D eigenvalue weighted by Gasteiger charge is 2.17. The van der Waals surface area contributed by atoms with Crippen LogP contribution >= 0.6 is 11.6 Å². The highest BCUT2D eigenvalue weighted by Crippen LogP contribution is 2.26. The molecule has 0 saturated heterocycles. The Balaban J connectivity index is 1.65. The second-order valence-electron chi connectivity index (χ2n) is 7.27. The molecule has 4 aromatic rings. The lowest BCUT2D eigenvalue weighted by atomic mass is 10.1. The van der Waals surface area contributed by atoms with Crippen LogP contribution in [0.3, 0.4) is 0 Å². The van der Waals surface area contributed by atoms with Crippen LogP contribution in [0, 0.1) is 0 Å². The van der Waals surface area contributed by atoms with Crippen molar-refractivity contribution in [3.8, 4) is 16.9 Å². The summed E-state index contributed by atoms with van der Waals surface area (Å²) in [4.78, 5) is 12.8. The van der Waals surface area contributed by atoms with Gasteiger partial charge in [-0.15, -0.1) is 0 Å². The zero-order chi connectivity index (χ0) is 21.1. The fraction of sp³-hybridized carbons (Fsp3) is 0.174. The molecule has 30 heavy (non-hydrogen) atoms. The number of rotatable bonds is 6. The monoisotopic (exact) mass is 419 g/mol. The number of nitrogens with one attached hydrogen (secondary N) is 1. The van der Waals surface area contributed by atoms with Crippen LogP contribution in [-0.4, -0.2) is 25.5 Å². The number of carbonyl (C=O) groups is 1. The molecule has 2 aromatic heterocycles. The fourth-order valence-corrected chi connectivity index (χ4v) is 3.41. The quantitative estimate of drug-likeness (QED) is 0.470. The van der Waals surface area contributed by atoms with E-state index in [1.807, 2.05) is 74.6 Å². The Labute approximate surface area is 180 Å². The number of halogens is 1. The van der Waals surface area contributed by atoms with Crippen LogP contribution in [0.25, 0.3) is 16.9 Å². The number of carbonyl (C=O) groups excluding carboxylic acids is 1. The van der Waals surface area contributed by atoms with E-state index >= 15 is 0 Å². The van der Waals surface area contributed by atoms with Gasteiger partial charge in [-0.2, -0.15) is 10.2 Å². The van der Waals surface area contributed by atoms with E-state index in [0.29, 0.717) is 10.8 Å². The van der Waals surface area contributed by atoms with Crippen LogP contribution in [0.1, 0.15) is 25.5 Å². The molecule has 0 bridgehead atoms. The van der Waals surface area contributed by atoms with Gasteiger partial charge in [-0.25, -0.2) is 9.36 Å². The summed E-state index contributed by atoms with van der Waals surface area (Å²) in [6.07, 6.45) is 3.77. The minimum Gasteiger partial charge on any atom is -0.311 e. The first-order chi connectivity index (χ1) is 14.5. The summed E-state index contributed by atoms with van der Waals surface area (Å²) in [6, 6.07) is 19.2. The predicted molar refractivity (Wildman–Crippen MR) is 119 cm³/mol. The van der Waals surface area contributed by atoms with Gasteiger partial charge in [0.15, 0.2) is 0 Å². The van der Waals surface area contributed by atoms with Crippen molar-refractivity contribution in [1.29, 1.82) is 0 Å². The van der Waals surface area contributed by atoms with Crippen LogP contribution in [0.15, 0.2) is 73.1 Å². The molecule has 6 nitrogen and oxygen atoms in total. The van der Waals surface area contributed by atoms with Gasteiger partial charge in [0.25, 0.3) is 0 Å². The van der Waals surface area contributed by atoms with Gasteiger partial charge < -0.3 is 5.32 Å². The van der Waals surface area contributed by atoms with E-state index in [0.717, 1.165) is 22.5 Å². The van der Waals surface area contributed by atoms with Gasteiger partial charge >= 0.3 is 0 Å². The molecule has 2 aromatic carbocycles. The van der Waals surface area contributed by atoms with Gasteiger partial charge in [-0.05, 0) is 38.1 Å². The molecule has 0 saturated carbocycles. The molecule has 1 amide bonds. The Morgan fingerprint density at radius 1 is 1.07 bits per heavy atom. The number of hydrogen-bond donors (Lipinski definition) is 1. The SMILES string of the molecule is CC(C)n1nccc1NC(=O)Cc1cn(-c2ccccc2)nc1-c1ccc(Cl)cc1. The van der Waals surface area contributed by atoms with Crippen molar-refractivity contribution in [2.75, 3.05) is 5.32 Å². The number of aromatic nitrogens is 4. The third kappa shape index (κ3) is 4.28. The first kappa shape index (κ1) is 19.9. The Hall–Kier alpha value is -3.38. The topological polar surface area (TPSA) is 64.7 Å². The third-order valence-corrected chi connectivity index (χ3v) is 4.96. The molecule has 0 spiro atoms. The van der Waals surface area contributed by atoms with E-state index in [9.17, 15) is 4.79 Å². The summed E-state index contributed by atoms with van der Waals surface area (Å²) in [5, 5.41) is 12.6. The molecule has 0 fully saturated rings. The van der Waals surface area contributed by atoms with Crippen LogP contribution < -0.4 is 5.32 Å². The van der Waals surface area contributed by atoms with Gasteiger partial charge in [0.05, 0.1) is 24.0 Å². The summed E-state index contributed by atoms with van der Waals surface area (Å²) >= 11 is 6.05. The summed E-state index contributed by atoms with van der Waals surface area (Å²) < 4.78 is 3.58. The number of anilines is 1. The molecule has 4 rings (SSSR count). The molecule has 0 aliphatic carbocycles. The Bertz CT molecular complexity index is 1150. The first-order valence-electron chi connectivity index (χ1n) is 9.74. The molecule has 0 unspecified atom stereocenters. The van der Waals surface area contributed by atoms with E-state index < -0.39 is 0 Å². The van der Waals surface area contributed by atoms with Gasteiger partial charge in [0.2, 0.25) is 5.91 Å². The molecule has 2 heterocycles. The van der Waals surface area contributed by atoms with Crippen molar-refractivity contribution >= 4 is 23.3 Å². The second-order valence-corrected chi connectivity index (χ2v) is 7.71. The molecule has 0 radical (unpaired) electrons. The number of amides is 1. The van der Waals surface area contributed by atoms with E-state index in [4.69, 9.17) is 16.7 Å². The van der Waals surface area contributed by atoms with E-state index in [2.05, 4.69) is 10.4 Å². The number of para-hydroxylation sites is 1. The van der Waals surface area contributed by atoms with E-state index in [1.54, 1.807) is 21.6 Å². The molecule has 152 valence electrons. The molecular weight excluding hydrogens is 398 g/mol. The van der Waals surface area contributed by atoms with E-state index in [1.165, 1.54) is 0 Å². The average molecular weight is 420 g/mol. The van der Waals surface area contributed by atoms with Crippen molar-refractivity contribution in [2.24, 2.45) is 0 Å². The average Bonchev–Trinajstić information content (AvgIpc) is 3.36. The highest BCUT2D eigenvalue weighted by atomic mass is 35.5. The van der Waals surface area contributed by atoms with Crippen molar-refractivity contribution in [3.63, 3.8) is 0 Å². The summed E-state index contributed by atoms with van der Waals surface area (Å²) in [5.74, 6) is 0.554. The van der Waals surface area contributed by atoms with Crippen LogP contribution in [0.2, 0.25) is 5.02 Å². The van der Waals surface area contributed by atoms with Crippen molar-refractivity contribution in [1.82, 2.24) is 19.6 Å². The van der Waals surface area contributed by atoms with Gasteiger partial charge in [-0.3, -0.25) is 4.79 Å². The number of hydrogen-bond acceptors (Lipinski definition) is 3. The first-order valence-corrected chi connectivity index (χ1v) is 10.1. The highest BCUT2D eigenvalue weighted by molar-refractivity contribution is 6.30. The number of nitrogens with zero attached hydrogens (tertiary/aromatic N) is 4. The van der Waals surface area contributed by atoms with Crippen molar-refractivity contribution < 1.29 is 4.79 Å². The van der Waals surface area contributed by atoms with Crippen LogP contribution in [0.4, 0.5) is 5.82 Å². The van der Waals surface area contributed by atoms with Crippen LogP contribution in [-0.2, 0) is 11.2 Å². The Kier molecular flexibility index (Phi) is 5.68. The molecule has 7 heteroatoms. The van der Waals surface area contributed by atoms with Gasteiger partial charge in [0.1, 0.15) is 5.82 Å². The zero-order valence-corrected chi connectivity index (χ0v) is 17.5. The zero-order valence-electron chi connectivity index (χ0n) is 16.8. The largest absolute Gasteiger partial charge is 0.311 e. The predicted octanol–water partition coefficient (Wildman–Crippen LogP) is 5.15. The third-order valence-electron chi connectivity index (χ3n) is 4.71. The molecule has 0 aliphatic rings. The maximum absolute atomic E-state index is 12.8. The maximum Gasteiger partial charge on any atom is 0.230 e. The Morgan fingerprint density at radius 3 is 2.50 bits per heavy atom. The minimum atomic E-state index is -0.125. The summed E-state index contributed by atoms with van der Waals surface area (Å²) in [6.45, 7) is 4.04. The summed E-state index contributed by atoms with van der Waals surface area (Å²) in [5.41, 5.74) is 3.42. The lowest BCUT2D eigenvalue weighted by Crippen LogP contribution is -2.18. The second kappa shape index (κ2) is 8.55. The normalized spacial score (nSPS) is 11.1. The van der Waals surface area contributed by atoms with E-state index in [-0.39, 0.29) is 18.4 Å². The minimum absolute atomic E-state index is 0.125. The molecule has 1 N–H and O–H groups in total. The number of benzene rings is 2. The molecular formula is C23H22ClN5O. The van der Waals surface area contributed by atoms with Crippen molar-refractivity contribution in [3.05, 3.63) is 83.6 Å². The van der Waals surface area contributed by atoms with Gasteiger partial charge in [0, 0.05) is 34.5 Å². The van der Waals surface area contributed by atoms with Gasteiger partial charge in [-0.1, -0.05) is 41.9 Å². The molecule has 0 aliphatic heterocycles. The lowest BCUT2D eigenvalue weighted by Gasteiger charge is -2.11. The fourth-order valence-electron chi connectivity index (χ4n) is 3.29. The lowest BCUT2D eigenvalue weighted by molar-refractivity contribution is -0.115. The standard InChI is InChI=1S/C23H22ClN5O/c1-16(2)29-21(12-13-25-29)26-22(30)14-18-15-28(20-6-4-3-5-7-20)27-23(18)17-8-10-19(24)11-9-17/h3-13,15-16H,14H2,1-2H3,(H,26,30). The molecule has 0 atom stereocenters. The summed E-state index contributed by atoms with van der Waals surface area (Å²) in [7, 11) is 0. The Morgan fingerprint density at radius 2 is 1.80 bits per heavy atom. The van der Waals surface area contributed by atoms with Crippen molar-refractivity contribution in [2.45, 2.75) is 26.3 Å². The smallest absolute Gasteiger partial charge is 0.230 e.